The van der Waals surface area contributed by atoms with Crippen LogP contribution in [0.25, 0.3) is 6.08 Å². The van der Waals surface area contributed by atoms with E-state index in [1.165, 1.54) is 6.08 Å². The fourth-order valence-corrected chi connectivity index (χ4v) is 2.84. The van der Waals surface area contributed by atoms with Gasteiger partial charge in [0.2, 0.25) is 5.91 Å². The van der Waals surface area contributed by atoms with Crippen molar-refractivity contribution in [3.05, 3.63) is 84.0 Å². The Morgan fingerprint density at radius 1 is 1.14 bits per heavy atom. The van der Waals surface area contributed by atoms with E-state index in [2.05, 4.69) is 16.4 Å². The molecule has 1 heterocycles. The molecular formula is C22H23N3O3. The van der Waals surface area contributed by atoms with Crippen LogP contribution < -0.4 is 14.8 Å². The molecule has 2 aromatic carbocycles. The Labute approximate surface area is 164 Å². The van der Waals surface area contributed by atoms with E-state index in [9.17, 15) is 4.79 Å². The molecule has 144 valence electrons. The van der Waals surface area contributed by atoms with Crippen molar-refractivity contribution < 1.29 is 14.3 Å². The van der Waals surface area contributed by atoms with Crippen LogP contribution in [0.1, 0.15) is 16.7 Å². The number of methoxy groups -OCH3 is 2. The van der Waals surface area contributed by atoms with E-state index >= 15 is 0 Å². The minimum atomic E-state index is -0.178. The molecule has 28 heavy (non-hydrogen) atoms. The van der Waals surface area contributed by atoms with E-state index in [4.69, 9.17) is 9.47 Å². The highest BCUT2D eigenvalue weighted by atomic mass is 16.5. The van der Waals surface area contributed by atoms with Crippen molar-refractivity contribution >= 4 is 12.0 Å². The third-order valence-electron chi connectivity index (χ3n) is 4.33. The summed E-state index contributed by atoms with van der Waals surface area (Å²) in [5.41, 5.74) is 2.98. The second-order valence-corrected chi connectivity index (χ2v) is 6.16. The number of carbonyl (C=O) groups excluding carboxylic acids is 1. The molecule has 0 fully saturated rings. The molecule has 1 aromatic heterocycles. The number of nitrogens with zero attached hydrogens (tertiary/aromatic N) is 2. The van der Waals surface area contributed by atoms with E-state index in [0.717, 1.165) is 16.7 Å². The predicted molar refractivity (Wildman–Crippen MR) is 108 cm³/mol. The third-order valence-corrected chi connectivity index (χ3v) is 4.33. The molecule has 1 amide bonds. The number of aromatic nitrogens is 2. The molecule has 0 bridgehead atoms. The Hall–Kier alpha value is -3.54. The number of carbonyl (C=O) groups is 1. The van der Waals surface area contributed by atoms with Crippen LogP contribution in [-0.2, 0) is 17.9 Å². The average molecular weight is 377 g/mol. The lowest BCUT2D eigenvalue weighted by atomic mass is 10.1. The maximum absolute atomic E-state index is 12.3. The van der Waals surface area contributed by atoms with Gasteiger partial charge in [-0.15, -0.1) is 0 Å². The van der Waals surface area contributed by atoms with Gasteiger partial charge in [-0.05, 0) is 35.4 Å². The summed E-state index contributed by atoms with van der Waals surface area (Å²) in [6, 6.07) is 13.5. The molecule has 0 aliphatic carbocycles. The van der Waals surface area contributed by atoms with E-state index in [0.29, 0.717) is 24.6 Å². The van der Waals surface area contributed by atoms with Crippen molar-refractivity contribution in [2.75, 3.05) is 14.2 Å². The molecular weight excluding hydrogens is 354 g/mol. The first-order chi connectivity index (χ1) is 13.7. The van der Waals surface area contributed by atoms with Crippen LogP contribution in [0.3, 0.4) is 0 Å². The van der Waals surface area contributed by atoms with Gasteiger partial charge in [-0.1, -0.05) is 24.3 Å². The molecule has 0 spiro atoms. The van der Waals surface area contributed by atoms with E-state index in [-0.39, 0.29) is 5.91 Å². The van der Waals surface area contributed by atoms with Gasteiger partial charge in [-0.3, -0.25) is 4.79 Å². The summed E-state index contributed by atoms with van der Waals surface area (Å²) in [4.78, 5) is 16.4. The van der Waals surface area contributed by atoms with Gasteiger partial charge in [0, 0.05) is 37.1 Å². The average Bonchev–Trinajstić information content (AvgIpc) is 3.24. The number of benzene rings is 2. The Balaban J connectivity index is 1.64. The van der Waals surface area contributed by atoms with Gasteiger partial charge in [-0.2, -0.15) is 0 Å². The highest BCUT2D eigenvalue weighted by Gasteiger charge is 2.05. The van der Waals surface area contributed by atoms with Gasteiger partial charge in [0.05, 0.1) is 20.5 Å². The first kappa shape index (κ1) is 19.2. The topological polar surface area (TPSA) is 65.4 Å². The van der Waals surface area contributed by atoms with Crippen molar-refractivity contribution in [2.24, 2.45) is 0 Å². The Morgan fingerprint density at radius 2 is 1.96 bits per heavy atom. The molecule has 0 aliphatic heterocycles. The number of rotatable bonds is 8. The molecule has 0 unspecified atom stereocenters. The lowest BCUT2D eigenvalue weighted by Crippen LogP contribution is -2.21. The SMILES string of the molecule is COc1ccc(OC)c(/C=C/C(=O)NCc2ccccc2Cn2ccnc2)c1. The highest BCUT2D eigenvalue weighted by molar-refractivity contribution is 5.92. The molecule has 0 aliphatic rings. The Morgan fingerprint density at radius 3 is 2.68 bits per heavy atom. The van der Waals surface area contributed by atoms with Crippen molar-refractivity contribution in [3.8, 4) is 11.5 Å². The van der Waals surface area contributed by atoms with Gasteiger partial charge < -0.3 is 19.4 Å². The zero-order valence-electron chi connectivity index (χ0n) is 16.0. The summed E-state index contributed by atoms with van der Waals surface area (Å²) in [5.74, 6) is 1.20. The molecule has 6 heteroatoms. The smallest absolute Gasteiger partial charge is 0.244 e. The van der Waals surface area contributed by atoms with Crippen LogP contribution in [0.4, 0.5) is 0 Å². The summed E-state index contributed by atoms with van der Waals surface area (Å²) < 4.78 is 12.5. The molecule has 1 N–H and O–H groups in total. The summed E-state index contributed by atoms with van der Waals surface area (Å²) in [6.45, 7) is 1.16. The van der Waals surface area contributed by atoms with Gasteiger partial charge in [-0.25, -0.2) is 4.98 Å². The summed E-state index contributed by atoms with van der Waals surface area (Å²) in [7, 11) is 3.19. The highest BCUT2D eigenvalue weighted by Crippen LogP contribution is 2.25. The number of imidazole rings is 1. The Bertz CT molecular complexity index is 949. The van der Waals surface area contributed by atoms with Gasteiger partial charge >= 0.3 is 0 Å². The zero-order valence-corrected chi connectivity index (χ0v) is 16.0. The van der Waals surface area contributed by atoms with Crippen molar-refractivity contribution in [3.63, 3.8) is 0 Å². The second kappa shape index (κ2) is 9.41. The minimum absolute atomic E-state index is 0.178. The largest absolute Gasteiger partial charge is 0.497 e. The summed E-state index contributed by atoms with van der Waals surface area (Å²) >= 11 is 0. The van der Waals surface area contributed by atoms with Gasteiger partial charge in [0.25, 0.3) is 0 Å². The summed E-state index contributed by atoms with van der Waals surface area (Å²) in [5, 5.41) is 2.93. The standard InChI is InChI=1S/C22H23N3O3/c1-27-20-8-9-21(28-2)17(13-20)7-10-22(26)24-14-18-5-3-4-6-19(18)15-25-12-11-23-16-25/h3-13,16H,14-15H2,1-2H3,(H,24,26)/b10-7+. The lowest BCUT2D eigenvalue weighted by molar-refractivity contribution is -0.116. The molecule has 0 saturated carbocycles. The Kier molecular flexibility index (Phi) is 6.46. The second-order valence-electron chi connectivity index (χ2n) is 6.16. The van der Waals surface area contributed by atoms with Gasteiger partial charge in [0.15, 0.2) is 0 Å². The quantitative estimate of drug-likeness (QED) is 0.612. The number of nitrogens with one attached hydrogen (secondary N) is 1. The number of ether oxygens (including phenoxy) is 2. The zero-order chi connectivity index (χ0) is 19.8. The fraction of sp³-hybridized carbons (Fsp3) is 0.182. The molecule has 6 nitrogen and oxygen atoms in total. The van der Waals surface area contributed by atoms with E-state index in [1.807, 2.05) is 47.2 Å². The van der Waals surface area contributed by atoms with Crippen molar-refractivity contribution in [1.29, 1.82) is 0 Å². The van der Waals surface area contributed by atoms with Crippen LogP contribution in [0, 0.1) is 0 Å². The van der Waals surface area contributed by atoms with Gasteiger partial charge in [0.1, 0.15) is 11.5 Å². The van der Waals surface area contributed by atoms with Crippen molar-refractivity contribution in [2.45, 2.75) is 13.1 Å². The molecule has 0 radical (unpaired) electrons. The lowest BCUT2D eigenvalue weighted by Gasteiger charge is -2.10. The maximum Gasteiger partial charge on any atom is 0.244 e. The van der Waals surface area contributed by atoms with Crippen molar-refractivity contribution in [1.82, 2.24) is 14.9 Å². The van der Waals surface area contributed by atoms with Crippen LogP contribution >= 0.6 is 0 Å². The number of hydrogen-bond acceptors (Lipinski definition) is 4. The number of amides is 1. The van der Waals surface area contributed by atoms with Crippen LogP contribution in [-0.4, -0.2) is 29.7 Å². The van der Waals surface area contributed by atoms with E-state index in [1.54, 1.807) is 32.8 Å². The first-order valence-corrected chi connectivity index (χ1v) is 8.90. The van der Waals surface area contributed by atoms with E-state index < -0.39 is 0 Å². The third kappa shape index (κ3) is 5.01. The number of hydrogen-bond donors (Lipinski definition) is 1. The molecule has 0 saturated heterocycles. The van der Waals surface area contributed by atoms with Crippen LogP contribution in [0.2, 0.25) is 0 Å². The minimum Gasteiger partial charge on any atom is -0.497 e. The maximum atomic E-state index is 12.3. The monoisotopic (exact) mass is 377 g/mol. The normalized spacial score (nSPS) is 10.8. The summed E-state index contributed by atoms with van der Waals surface area (Å²) in [6.07, 6.45) is 8.66. The first-order valence-electron chi connectivity index (χ1n) is 8.90. The molecule has 0 atom stereocenters. The molecule has 3 aromatic rings. The predicted octanol–water partition coefficient (Wildman–Crippen LogP) is 3.28. The molecule has 3 rings (SSSR count). The van der Waals surface area contributed by atoms with Crippen LogP contribution in [0.15, 0.2) is 67.3 Å². The van der Waals surface area contributed by atoms with Crippen LogP contribution in [0.5, 0.6) is 11.5 Å². The fourth-order valence-electron chi connectivity index (χ4n) is 2.84.